The summed E-state index contributed by atoms with van der Waals surface area (Å²) in [5.74, 6) is -1.14. The van der Waals surface area contributed by atoms with Crippen LogP contribution in [-0.4, -0.2) is 23.8 Å². The number of benzene rings is 3. The summed E-state index contributed by atoms with van der Waals surface area (Å²) in [4.78, 5) is 27.8. The first-order valence-electron chi connectivity index (χ1n) is 9.91. The number of anilines is 1. The molecule has 0 bridgehead atoms. The second kappa shape index (κ2) is 8.85. The Morgan fingerprint density at radius 1 is 1.00 bits per heavy atom. The van der Waals surface area contributed by atoms with Gasteiger partial charge in [-0.3, -0.25) is 14.5 Å². The monoisotopic (exact) mass is 450 g/mol. The Morgan fingerprint density at radius 2 is 1.72 bits per heavy atom. The Labute approximate surface area is 190 Å². The minimum atomic E-state index is -0.559. The number of ether oxygens (including phenoxy) is 1. The zero-order valence-corrected chi connectivity index (χ0v) is 18.2. The Bertz CT molecular complexity index is 1260. The zero-order valence-electron chi connectivity index (χ0n) is 17.5. The molecule has 0 unspecified atom stereocenters. The van der Waals surface area contributed by atoms with Crippen molar-refractivity contribution in [3.05, 3.63) is 100.0 Å². The molecule has 3 aromatic carbocycles. The fourth-order valence-corrected chi connectivity index (χ4v) is 3.73. The predicted molar refractivity (Wildman–Crippen MR) is 122 cm³/mol. The molecule has 0 aliphatic carbocycles. The van der Waals surface area contributed by atoms with E-state index in [2.05, 4.69) is 5.32 Å². The summed E-state index contributed by atoms with van der Waals surface area (Å²) in [7, 11) is 1.49. The maximum absolute atomic E-state index is 14.2. The number of nitrogens with one attached hydrogen (secondary N) is 1. The molecule has 0 atom stereocenters. The number of hydrogen-bond acceptors (Lipinski definition) is 4. The summed E-state index contributed by atoms with van der Waals surface area (Å²) >= 11 is 6.24. The number of rotatable bonds is 6. The van der Waals surface area contributed by atoms with Gasteiger partial charge < -0.3 is 10.1 Å². The lowest BCUT2D eigenvalue weighted by Gasteiger charge is -2.16. The van der Waals surface area contributed by atoms with Gasteiger partial charge in [-0.1, -0.05) is 54.1 Å². The van der Waals surface area contributed by atoms with Crippen LogP contribution >= 0.6 is 11.6 Å². The van der Waals surface area contributed by atoms with Crippen molar-refractivity contribution in [2.45, 2.75) is 13.5 Å². The van der Waals surface area contributed by atoms with E-state index in [1.54, 1.807) is 54.6 Å². The van der Waals surface area contributed by atoms with Gasteiger partial charge in [-0.25, -0.2) is 4.39 Å². The summed E-state index contributed by atoms with van der Waals surface area (Å²) in [5, 5.41) is 3.58. The second-order valence-electron chi connectivity index (χ2n) is 7.33. The molecule has 4 rings (SSSR count). The van der Waals surface area contributed by atoms with Crippen LogP contribution in [-0.2, 0) is 16.1 Å². The molecule has 1 heterocycles. The number of carbonyl (C=O) groups is 2. The molecule has 1 N–H and O–H groups in total. The van der Waals surface area contributed by atoms with Crippen LogP contribution in [0.15, 0.2) is 72.4 Å². The Morgan fingerprint density at radius 3 is 2.44 bits per heavy atom. The lowest BCUT2D eigenvalue weighted by atomic mass is 10.0. The highest BCUT2D eigenvalue weighted by Crippen LogP contribution is 2.36. The number of aryl methyl sites for hydroxylation is 1. The third kappa shape index (κ3) is 3.97. The molecule has 32 heavy (non-hydrogen) atoms. The first-order chi connectivity index (χ1) is 15.4. The van der Waals surface area contributed by atoms with Gasteiger partial charge in [0.15, 0.2) is 0 Å². The first-order valence-corrected chi connectivity index (χ1v) is 10.3. The highest BCUT2D eigenvalue weighted by Gasteiger charge is 2.40. The van der Waals surface area contributed by atoms with Crippen LogP contribution < -0.4 is 10.1 Å². The number of nitrogens with zero attached hydrogens (tertiary/aromatic N) is 1. The number of para-hydroxylation sites is 1. The van der Waals surface area contributed by atoms with Crippen molar-refractivity contribution < 1.29 is 18.7 Å². The zero-order chi connectivity index (χ0) is 22.8. The van der Waals surface area contributed by atoms with Crippen molar-refractivity contribution >= 4 is 34.7 Å². The molecule has 0 aromatic heterocycles. The van der Waals surface area contributed by atoms with Gasteiger partial charge in [0.05, 0.1) is 19.2 Å². The standard InChI is InChI=1S/C25H20ClFN2O3/c1-15-11-12-17(13-19(15)26)28-23-22(18-8-4-6-10-21(18)32-2)24(30)29(25(23)31)14-16-7-3-5-9-20(16)27/h3-13,28H,14H2,1-2H3. The molecule has 0 spiro atoms. The molecule has 0 saturated carbocycles. The number of imide groups is 1. The van der Waals surface area contributed by atoms with E-state index in [9.17, 15) is 14.0 Å². The van der Waals surface area contributed by atoms with Gasteiger partial charge in [0.1, 0.15) is 17.3 Å². The van der Waals surface area contributed by atoms with Crippen LogP contribution in [0.4, 0.5) is 10.1 Å². The molecule has 3 aromatic rings. The quantitative estimate of drug-likeness (QED) is 0.525. The lowest BCUT2D eigenvalue weighted by molar-refractivity contribution is -0.137. The molecule has 7 heteroatoms. The average molecular weight is 451 g/mol. The van der Waals surface area contributed by atoms with E-state index < -0.39 is 17.6 Å². The first kappa shape index (κ1) is 21.6. The van der Waals surface area contributed by atoms with Crippen LogP contribution in [0.3, 0.4) is 0 Å². The van der Waals surface area contributed by atoms with Gasteiger partial charge in [0.25, 0.3) is 11.8 Å². The average Bonchev–Trinajstić information content (AvgIpc) is 3.01. The van der Waals surface area contributed by atoms with Crippen LogP contribution in [0.1, 0.15) is 16.7 Å². The molecule has 0 radical (unpaired) electrons. The topological polar surface area (TPSA) is 58.6 Å². The number of carbonyl (C=O) groups excluding carboxylic acids is 2. The van der Waals surface area contributed by atoms with E-state index in [-0.39, 0.29) is 23.4 Å². The largest absolute Gasteiger partial charge is 0.496 e. The molecule has 0 fully saturated rings. The van der Waals surface area contributed by atoms with Gasteiger partial charge in [0.2, 0.25) is 0 Å². The lowest BCUT2D eigenvalue weighted by Crippen LogP contribution is -2.32. The molecule has 1 aliphatic heterocycles. The molecular formula is C25H20ClFN2O3. The van der Waals surface area contributed by atoms with E-state index in [1.165, 1.54) is 13.2 Å². The molecule has 162 valence electrons. The molecule has 2 amide bonds. The summed E-state index contributed by atoms with van der Waals surface area (Å²) in [6.07, 6.45) is 0. The van der Waals surface area contributed by atoms with Gasteiger partial charge in [-0.05, 0) is 36.8 Å². The minimum absolute atomic E-state index is 0.0794. The smallest absolute Gasteiger partial charge is 0.278 e. The number of methoxy groups -OCH3 is 1. The Kier molecular flexibility index (Phi) is 5.97. The van der Waals surface area contributed by atoms with Gasteiger partial charge in [-0.15, -0.1) is 0 Å². The summed E-state index contributed by atoms with van der Waals surface area (Å²) in [6, 6.07) is 18.3. The summed E-state index contributed by atoms with van der Waals surface area (Å²) < 4.78 is 19.7. The van der Waals surface area contributed by atoms with E-state index >= 15 is 0 Å². The molecular weight excluding hydrogens is 431 g/mol. The van der Waals surface area contributed by atoms with Crippen molar-refractivity contribution in [3.8, 4) is 5.75 Å². The maximum atomic E-state index is 14.2. The van der Waals surface area contributed by atoms with Gasteiger partial charge in [-0.2, -0.15) is 0 Å². The van der Waals surface area contributed by atoms with Gasteiger partial charge >= 0.3 is 0 Å². The minimum Gasteiger partial charge on any atom is -0.496 e. The van der Waals surface area contributed by atoms with Crippen molar-refractivity contribution in [2.24, 2.45) is 0 Å². The van der Waals surface area contributed by atoms with Crippen LogP contribution in [0, 0.1) is 12.7 Å². The van der Waals surface area contributed by atoms with Crippen LogP contribution in [0.5, 0.6) is 5.75 Å². The third-order valence-corrected chi connectivity index (χ3v) is 5.68. The Balaban J connectivity index is 1.80. The van der Waals surface area contributed by atoms with E-state index in [0.29, 0.717) is 22.0 Å². The van der Waals surface area contributed by atoms with E-state index in [0.717, 1.165) is 10.5 Å². The fourth-order valence-electron chi connectivity index (χ4n) is 3.55. The molecule has 1 aliphatic rings. The molecule has 5 nitrogen and oxygen atoms in total. The van der Waals surface area contributed by atoms with Crippen LogP contribution in [0.25, 0.3) is 5.57 Å². The highest BCUT2D eigenvalue weighted by atomic mass is 35.5. The number of halogens is 2. The normalized spacial score (nSPS) is 13.7. The third-order valence-electron chi connectivity index (χ3n) is 5.27. The van der Waals surface area contributed by atoms with Crippen molar-refractivity contribution in [2.75, 3.05) is 12.4 Å². The van der Waals surface area contributed by atoms with E-state index in [4.69, 9.17) is 16.3 Å². The van der Waals surface area contributed by atoms with Gasteiger partial charge in [0, 0.05) is 21.8 Å². The summed E-state index contributed by atoms with van der Waals surface area (Å²) in [5.41, 5.74) is 2.37. The van der Waals surface area contributed by atoms with Crippen LogP contribution in [0.2, 0.25) is 5.02 Å². The second-order valence-corrected chi connectivity index (χ2v) is 7.73. The van der Waals surface area contributed by atoms with Crippen molar-refractivity contribution in [3.63, 3.8) is 0 Å². The van der Waals surface area contributed by atoms with Crippen molar-refractivity contribution in [1.82, 2.24) is 4.90 Å². The summed E-state index contributed by atoms with van der Waals surface area (Å²) in [6.45, 7) is 1.68. The number of amides is 2. The maximum Gasteiger partial charge on any atom is 0.278 e. The SMILES string of the molecule is COc1ccccc1C1=C(Nc2ccc(C)c(Cl)c2)C(=O)N(Cc2ccccc2F)C1=O. The fraction of sp³-hybridized carbons (Fsp3) is 0.120. The highest BCUT2D eigenvalue weighted by molar-refractivity contribution is 6.37. The number of hydrogen-bond donors (Lipinski definition) is 1. The van der Waals surface area contributed by atoms with E-state index in [1.807, 2.05) is 13.0 Å². The van der Waals surface area contributed by atoms with Crippen molar-refractivity contribution in [1.29, 1.82) is 0 Å². The Hall–Kier alpha value is -3.64. The predicted octanol–water partition coefficient (Wildman–Crippen LogP) is 5.19. The molecule has 0 saturated heterocycles.